The second-order valence-electron chi connectivity index (χ2n) is 6.99. The summed E-state index contributed by atoms with van der Waals surface area (Å²) in [6, 6.07) is 6.35. The Balaban J connectivity index is 1.73. The fourth-order valence-corrected chi connectivity index (χ4v) is 3.74. The highest BCUT2D eigenvalue weighted by Gasteiger charge is 2.30. The van der Waals surface area contributed by atoms with Crippen molar-refractivity contribution in [2.45, 2.75) is 25.9 Å². The van der Waals surface area contributed by atoms with Crippen molar-refractivity contribution in [3.63, 3.8) is 0 Å². The van der Waals surface area contributed by atoms with E-state index in [1.807, 2.05) is 36.6 Å². The van der Waals surface area contributed by atoms with Gasteiger partial charge in [-0.25, -0.2) is 9.37 Å². The van der Waals surface area contributed by atoms with Gasteiger partial charge in [-0.1, -0.05) is 12.1 Å². The zero-order valence-corrected chi connectivity index (χ0v) is 16.2. The lowest BCUT2D eigenvalue weighted by atomic mass is 10.1. The van der Waals surface area contributed by atoms with Crippen LogP contribution in [-0.4, -0.2) is 58.0 Å². The molecule has 1 aliphatic heterocycles. The first-order chi connectivity index (χ1) is 13.0. The number of nitrogens with one attached hydrogen (secondary N) is 1. The molecular weight excluding hydrogens is 345 g/mol. The predicted octanol–water partition coefficient (Wildman–Crippen LogP) is 2.12. The summed E-state index contributed by atoms with van der Waals surface area (Å²) >= 11 is 0. The van der Waals surface area contributed by atoms with Gasteiger partial charge in [0.1, 0.15) is 11.6 Å². The quantitative estimate of drug-likeness (QED) is 0.843. The van der Waals surface area contributed by atoms with Crippen molar-refractivity contribution in [1.29, 1.82) is 0 Å². The van der Waals surface area contributed by atoms with Crippen molar-refractivity contribution in [3.05, 3.63) is 53.9 Å². The second-order valence-corrected chi connectivity index (χ2v) is 6.99. The molecule has 0 radical (unpaired) electrons. The third-order valence-corrected chi connectivity index (χ3v) is 5.33. The maximum Gasteiger partial charge on any atom is 0.237 e. The molecule has 2 aromatic rings. The maximum atomic E-state index is 13.2. The summed E-state index contributed by atoms with van der Waals surface area (Å²) in [5, 5.41) is 3.40. The van der Waals surface area contributed by atoms with Gasteiger partial charge in [0.2, 0.25) is 5.91 Å². The van der Waals surface area contributed by atoms with Crippen molar-refractivity contribution in [3.8, 4) is 0 Å². The van der Waals surface area contributed by atoms with Crippen LogP contribution in [0.2, 0.25) is 0 Å². The molecule has 0 spiro atoms. The van der Waals surface area contributed by atoms with E-state index in [4.69, 9.17) is 0 Å². The number of aryl methyl sites for hydroxylation is 1. The Morgan fingerprint density at radius 2 is 2.15 bits per heavy atom. The van der Waals surface area contributed by atoms with E-state index < -0.39 is 0 Å². The number of imidazole rings is 1. The largest absolute Gasteiger partial charge is 0.337 e. The minimum absolute atomic E-state index is 0.0718. The smallest absolute Gasteiger partial charge is 0.237 e. The van der Waals surface area contributed by atoms with Gasteiger partial charge in [-0.3, -0.25) is 9.69 Å². The lowest BCUT2D eigenvalue weighted by molar-refractivity contribution is -0.135. The monoisotopic (exact) mass is 373 g/mol. The van der Waals surface area contributed by atoms with Crippen LogP contribution in [0.25, 0.3) is 0 Å². The number of hydrogen-bond donors (Lipinski definition) is 1. The van der Waals surface area contributed by atoms with Crippen molar-refractivity contribution in [2.24, 2.45) is 7.05 Å². The Morgan fingerprint density at radius 1 is 1.41 bits per heavy atom. The molecule has 2 atom stereocenters. The van der Waals surface area contributed by atoms with Crippen LogP contribution in [0.5, 0.6) is 0 Å². The molecule has 1 aromatic carbocycles. The number of carbonyl (C=O) groups excluding carboxylic acids is 1. The predicted molar refractivity (Wildman–Crippen MR) is 103 cm³/mol. The molecule has 2 unspecified atom stereocenters. The van der Waals surface area contributed by atoms with Gasteiger partial charge in [0.05, 0.1) is 18.6 Å². The second kappa shape index (κ2) is 8.63. The lowest BCUT2D eigenvalue weighted by Gasteiger charge is -2.37. The van der Waals surface area contributed by atoms with Gasteiger partial charge >= 0.3 is 0 Å². The van der Waals surface area contributed by atoms with Gasteiger partial charge in [0, 0.05) is 45.6 Å². The maximum absolute atomic E-state index is 13.2. The molecule has 1 aromatic heterocycles. The van der Waals surface area contributed by atoms with Gasteiger partial charge in [0.25, 0.3) is 0 Å². The number of amides is 1. The van der Waals surface area contributed by atoms with Gasteiger partial charge in [-0.2, -0.15) is 0 Å². The normalized spacial score (nSPS) is 19.0. The number of aromatic nitrogens is 2. The first-order valence-corrected chi connectivity index (χ1v) is 9.48. The van der Waals surface area contributed by atoms with E-state index in [1.165, 1.54) is 12.1 Å². The van der Waals surface area contributed by atoms with Gasteiger partial charge in [-0.05, 0) is 31.5 Å². The molecule has 1 N–H and O–H groups in total. The number of carbonyl (C=O) groups is 1. The average Bonchev–Trinajstić information content (AvgIpc) is 3.09. The number of halogens is 1. The van der Waals surface area contributed by atoms with Gasteiger partial charge in [0.15, 0.2) is 0 Å². The van der Waals surface area contributed by atoms with E-state index in [1.54, 1.807) is 18.3 Å². The number of hydrogen-bond acceptors (Lipinski definition) is 4. The van der Waals surface area contributed by atoms with Crippen LogP contribution in [0.1, 0.15) is 37.3 Å². The van der Waals surface area contributed by atoms with Crippen LogP contribution in [-0.2, 0) is 11.8 Å². The molecule has 2 heterocycles. The molecule has 0 bridgehead atoms. The van der Waals surface area contributed by atoms with E-state index in [0.29, 0.717) is 13.1 Å². The van der Waals surface area contributed by atoms with Crippen LogP contribution in [0, 0.1) is 5.82 Å². The molecule has 1 amide bonds. The van der Waals surface area contributed by atoms with Crippen molar-refractivity contribution >= 4 is 5.91 Å². The molecule has 7 heteroatoms. The first kappa shape index (κ1) is 19.5. The topological polar surface area (TPSA) is 53.4 Å². The third kappa shape index (κ3) is 4.36. The summed E-state index contributed by atoms with van der Waals surface area (Å²) in [5.41, 5.74) is 0.938. The number of nitrogens with zero attached hydrogens (tertiary/aromatic N) is 4. The Bertz CT molecular complexity index is 760. The summed E-state index contributed by atoms with van der Waals surface area (Å²) in [7, 11) is 1.98. The molecular formula is C20H28FN5O. The summed E-state index contributed by atoms with van der Waals surface area (Å²) in [6.45, 7) is 7.35. The van der Waals surface area contributed by atoms with Crippen LogP contribution in [0.15, 0.2) is 36.7 Å². The SMILES string of the molecule is CCN(C(=O)CN1CCNCC1c1nccn1C)C(C)c1ccc(F)cc1. The molecule has 1 aliphatic rings. The summed E-state index contributed by atoms with van der Waals surface area (Å²) in [5.74, 6) is 0.777. The number of likely N-dealkylation sites (N-methyl/N-ethyl adjacent to an activating group) is 1. The zero-order chi connectivity index (χ0) is 19.4. The summed E-state index contributed by atoms with van der Waals surface area (Å²) < 4.78 is 15.2. The third-order valence-electron chi connectivity index (χ3n) is 5.33. The highest BCUT2D eigenvalue weighted by atomic mass is 19.1. The highest BCUT2D eigenvalue weighted by molar-refractivity contribution is 5.78. The number of piperazine rings is 1. The molecule has 6 nitrogen and oxygen atoms in total. The fraction of sp³-hybridized carbons (Fsp3) is 0.500. The van der Waals surface area contributed by atoms with E-state index in [-0.39, 0.29) is 23.8 Å². The average molecular weight is 373 g/mol. The molecule has 27 heavy (non-hydrogen) atoms. The number of rotatable bonds is 6. The number of benzene rings is 1. The molecule has 1 saturated heterocycles. The van der Waals surface area contributed by atoms with Crippen molar-refractivity contribution < 1.29 is 9.18 Å². The Hall–Kier alpha value is -2.25. The zero-order valence-electron chi connectivity index (χ0n) is 16.2. The van der Waals surface area contributed by atoms with E-state index in [2.05, 4.69) is 15.2 Å². The van der Waals surface area contributed by atoms with Crippen LogP contribution in [0.4, 0.5) is 4.39 Å². The summed E-state index contributed by atoms with van der Waals surface area (Å²) in [4.78, 5) is 21.6. The van der Waals surface area contributed by atoms with Gasteiger partial charge < -0.3 is 14.8 Å². The van der Waals surface area contributed by atoms with Crippen LogP contribution >= 0.6 is 0 Å². The summed E-state index contributed by atoms with van der Waals surface area (Å²) in [6.07, 6.45) is 3.72. The van der Waals surface area contributed by atoms with Crippen LogP contribution < -0.4 is 5.32 Å². The molecule has 3 rings (SSSR count). The highest BCUT2D eigenvalue weighted by Crippen LogP contribution is 2.23. The van der Waals surface area contributed by atoms with Crippen LogP contribution in [0.3, 0.4) is 0 Å². The minimum Gasteiger partial charge on any atom is -0.337 e. The van der Waals surface area contributed by atoms with E-state index >= 15 is 0 Å². The standard InChI is InChI=1S/C20H28FN5O/c1-4-26(15(2)16-5-7-17(21)8-6-16)19(27)14-25-12-9-22-13-18(25)20-23-10-11-24(20)3/h5-8,10-11,15,18,22H,4,9,12-14H2,1-3H3. The first-order valence-electron chi connectivity index (χ1n) is 9.48. The Kier molecular flexibility index (Phi) is 6.23. The van der Waals surface area contributed by atoms with Crippen molar-refractivity contribution in [1.82, 2.24) is 24.7 Å². The van der Waals surface area contributed by atoms with E-state index in [0.717, 1.165) is 31.0 Å². The minimum atomic E-state index is -0.265. The van der Waals surface area contributed by atoms with Crippen molar-refractivity contribution in [2.75, 3.05) is 32.7 Å². The molecule has 1 fully saturated rings. The lowest BCUT2D eigenvalue weighted by Crippen LogP contribution is -2.51. The van der Waals surface area contributed by atoms with Gasteiger partial charge in [-0.15, -0.1) is 0 Å². The fourth-order valence-electron chi connectivity index (χ4n) is 3.74. The van der Waals surface area contributed by atoms with E-state index in [9.17, 15) is 9.18 Å². The molecule has 0 saturated carbocycles. The molecule has 0 aliphatic carbocycles. The Labute approximate surface area is 160 Å². The Morgan fingerprint density at radius 3 is 2.78 bits per heavy atom. The molecule has 146 valence electrons.